The third-order valence-electron chi connectivity index (χ3n) is 3.38. The Labute approximate surface area is 112 Å². The molecule has 0 atom stereocenters. The molecule has 1 fully saturated rings. The van der Waals surface area contributed by atoms with Gasteiger partial charge in [0.05, 0.1) is 6.17 Å². The zero-order chi connectivity index (χ0) is 12.4. The Kier molecular flexibility index (Phi) is 3.46. The minimum Gasteiger partial charge on any atom is -0.297 e. The molecule has 0 unspecified atom stereocenters. The monoisotopic (exact) mass is 258 g/mol. The summed E-state index contributed by atoms with van der Waals surface area (Å²) in [5, 5.41) is 9.12. The van der Waals surface area contributed by atoms with Gasteiger partial charge in [-0.1, -0.05) is 25.1 Å². The van der Waals surface area contributed by atoms with Crippen LogP contribution in [0, 0.1) is 0 Å². The average Bonchev–Trinajstić information content (AvgIpc) is 3.10. The molecular formula is C15H18N2S. The van der Waals surface area contributed by atoms with Crippen LogP contribution in [0.5, 0.6) is 0 Å². The normalized spacial score (nSPS) is 16.3. The molecule has 1 aromatic carbocycles. The van der Waals surface area contributed by atoms with Crippen LogP contribution in [0.15, 0.2) is 35.7 Å². The largest absolute Gasteiger partial charge is 0.297 e. The van der Waals surface area contributed by atoms with Crippen molar-refractivity contribution in [2.24, 2.45) is 0 Å². The zero-order valence-corrected chi connectivity index (χ0v) is 11.4. The van der Waals surface area contributed by atoms with E-state index in [2.05, 4.69) is 53.3 Å². The van der Waals surface area contributed by atoms with Crippen molar-refractivity contribution in [1.29, 1.82) is 0 Å². The number of hydrogen-bond acceptors (Lipinski definition) is 3. The van der Waals surface area contributed by atoms with E-state index in [0.717, 1.165) is 19.5 Å². The molecule has 2 nitrogen and oxygen atoms in total. The molecule has 2 aromatic rings. The van der Waals surface area contributed by atoms with Gasteiger partial charge in [-0.3, -0.25) is 10.6 Å². The third-order valence-corrected chi connectivity index (χ3v) is 4.30. The number of aryl methyl sites for hydroxylation is 1. The van der Waals surface area contributed by atoms with Crippen LogP contribution in [0.3, 0.4) is 0 Å². The summed E-state index contributed by atoms with van der Waals surface area (Å²) in [5.41, 5.74) is 4.11. The van der Waals surface area contributed by atoms with Crippen molar-refractivity contribution < 1.29 is 0 Å². The van der Waals surface area contributed by atoms with Gasteiger partial charge in [-0.05, 0) is 40.6 Å². The minimum absolute atomic E-state index is 0.315. The zero-order valence-electron chi connectivity index (χ0n) is 10.6. The number of hydrogen-bond donors (Lipinski definition) is 2. The van der Waals surface area contributed by atoms with E-state index in [1.54, 1.807) is 11.3 Å². The van der Waals surface area contributed by atoms with Gasteiger partial charge >= 0.3 is 0 Å². The molecule has 2 N–H and O–H groups in total. The van der Waals surface area contributed by atoms with E-state index in [1.165, 1.54) is 21.6 Å². The summed E-state index contributed by atoms with van der Waals surface area (Å²) in [6.07, 6.45) is 1.40. The molecule has 0 radical (unpaired) electrons. The van der Waals surface area contributed by atoms with Gasteiger partial charge in [0, 0.05) is 18.0 Å². The van der Waals surface area contributed by atoms with Crippen LogP contribution >= 0.6 is 11.3 Å². The molecule has 2 heterocycles. The second kappa shape index (κ2) is 5.22. The summed E-state index contributed by atoms with van der Waals surface area (Å²) >= 11 is 1.81. The van der Waals surface area contributed by atoms with Gasteiger partial charge in [-0.15, -0.1) is 11.3 Å². The minimum atomic E-state index is 0.315. The van der Waals surface area contributed by atoms with Crippen molar-refractivity contribution in [1.82, 2.24) is 10.6 Å². The van der Waals surface area contributed by atoms with Crippen molar-refractivity contribution >= 4 is 11.3 Å². The van der Waals surface area contributed by atoms with Crippen LogP contribution in [0.1, 0.15) is 24.2 Å². The number of nitrogens with one attached hydrogen (secondary N) is 2. The molecule has 3 heteroatoms. The first-order valence-electron chi connectivity index (χ1n) is 6.51. The molecule has 94 valence electrons. The standard InChI is InChI=1S/C15H18N2S/c1-2-11-8-12(14-4-3-7-18-14)10-13(9-11)15-16-5-6-17-15/h3-4,7-10,15-17H,2,5-6H2,1H3. The Morgan fingerprint density at radius 3 is 2.72 bits per heavy atom. The van der Waals surface area contributed by atoms with E-state index in [-0.39, 0.29) is 0 Å². The Balaban J connectivity index is 2.01. The van der Waals surface area contributed by atoms with E-state index in [0.29, 0.717) is 6.17 Å². The topological polar surface area (TPSA) is 24.1 Å². The van der Waals surface area contributed by atoms with Crippen molar-refractivity contribution in [2.45, 2.75) is 19.5 Å². The fourth-order valence-electron chi connectivity index (χ4n) is 2.42. The summed E-state index contributed by atoms with van der Waals surface area (Å²) in [5.74, 6) is 0. The summed E-state index contributed by atoms with van der Waals surface area (Å²) in [7, 11) is 0. The molecular weight excluding hydrogens is 240 g/mol. The number of benzene rings is 1. The Hall–Kier alpha value is -1.16. The summed E-state index contributed by atoms with van der Waals surface area (Å²) in [4.78, 5) is 1.35. The fourth-order valence-corrected chi connectivity index (χ4v) is 3.13. The second-order valence-electron chi connectivity index (χ2n) is 4.64. The van der Waals surface area contributed by atoms with E-state index < -0.39 is 0 Å². The molecule has 0 spiro atoms. The van der Waals surface area contributed by atoms with E-state index in [1.807, 2.05) is 0 Å². The van der Waals surface area contributed by atoms with Crippen molar-refractivity contribution in [3.05, 3.63) is 46.8 Å². The van der Waals surface area contributed by atoms with E-state index in [9.17, 15) is 0 Å². The summed E-state index contributed by atoms with van der Waals surface area (Å²) < 4.78 is 0. The summed E-state index contributed by atoms with van der Waals surface area (Å²) in [6, 6.07) is 11.2. The highest BCUT2D eigenvalue weighted by Crippen LogP contribution is 2.28. The quantitative estimate of drug-likeness (QED) is 0.883. The van der Waals surface area contributed by atoms with Crippen molar-refractivity contribution in [3.63, 3.8) is 0 Å². The first kappa shape index (κ1) is 11.9. The Bertz CT molecular complexity index is 513. The lowest BCUT2D eigenvalue weighted by molar-refractivity contribution is 0.588. The van der Waals surface area contributed by atoms with Crippen molar-refractivity contribution in [2.75, 3.05) is 13.1 Å². The smallest absolute Gasteiger partial charge is 0.0836 e. The maximum absolute atomic E-state index is 3.49. The molecule has 1 aliphatic heterocycles. The van der Waals surface area contributed by atoms with Crippen molar-refractivity contribution in [3.8, 4) is 10.4 Å². The lowest BCUT2D eigenvalue weighted by atomic mass is 10.0. The number of rotatable bonds is 3. The van der Waals surface area contributed by atoms with Gasteiger partial charge in [0.2, 0.25) is 0 Å². The average molecular weight is 258 g/mol. The fraction of sp³-hybridized carbons (Fsp3) is 0.333. The second-order valence-corrected chi connectivity index (χ2v) is 5.58. The van der Waals surface area contributed by atoms with Gasteiger partial charge in [0.15, 0.2) is 0 Å². The molecule has 0 bridgehead atoms. The highest BCUT2D eigenvalue weighted by Gasteiger charge is 2.16. The van der Waals surface area contributed by atoms with Crippen LogP contribution in [-0.2, 0) is 6.42 Å². The highest BCUT2D eigenvalue weighted by atomic mass is 32.1. The van der Waals surface area contributed by atoms with Gasteiger partial charge in [-0.2, -0.15) is 0 Å². The van der Waals surface area contributed by atoms with Crippen LogP contribution in [-0.4, -0.2) is 13.1 Å². The maximum atomic E-state index is 3.49. The first-order chi connectivity index (χ1) is 8.86. The molecule has 3 rings (SSSR count). The van der Waals surface area contributed by atoms with Gasteiger partial charge in [0.1, 0.15) is 0 Å². The van der Waals surface area contributed by atoms with Crippen LogP contribution in [0.2, 0.25) is 0 Å². The molecule has 1 aromatic heterocycles. The lowest BCUT2D eigenvalue weighted by Gasteiger charge is -2.14. The molecule has 1 aliphatic rings. The first-order valence-corrected chi connectivity index (χ1v) is 7.39. The summed E-state index contributed by atoms with van der Waals surface area (Å²) in [6.45, 7) is 4.32. The molecule has 0 amide bonds. The Morgan fingerprint density at radius 1 is 1.22 bits per heavy atom. The predicted octanol–water partition coefficient (Wildman–Crippen LogP) is 3.17. The predicted molar refractivity (Wildman–Crippen MR) is 77.9 cm³/mol. The van der Waals surface area contributed by atoms with Gasteiger partial charge in [-0.25, -0.2) is 0 Å². The van der Waals surface area contributed by atoms with E-state index in [4.69, 9.17) is 0 Å². The molecule has 1 saturated heterocycles. The molecule has 0 aliphatic carbocycles. The van der Waals surface area contributed by atoms with E-state index >= 15 is 0 Å². The third kappa shape index (κ3) is 2.34. The highest BCUT2D eigenvalue weighted by molar-refractivity contribution is 7.13. The molecule has 18 heavy (non-hydrogen) atoms. The lowest BCUT2D eigenvalue weighted by Crippen LogP contribution is -2.21. The number of thiophene rings is 1. The van der Waals surface area contributed by atoms with Crippen LogP contribution in [0.25, 0.3) is 10.4 Å². The maximum Gasteiger partial charge on any atom is 0.0836 e. The Morgan fingerprint density at radius 2 is 2.06 bits per heavy atom. The van der Waals surface area contributed by atoms with Crippen LogP contribution < -0.4 is 10.6 Å². The SMILES string of the molecule is CCc1cc(-c2cccs2)cc(C2NCCN2)c1. The molecule has 0 saturated carbocycles. The van der Waals surface area contributed by atoms with Gasteiger partial charge < -0.3 is 0 Å². The van der Waals surface area contributed by atoms with Crippen LogP contribution in [0.4, 0.5) is 0 Å². The van der Waals surface area contributed by atoms with Gasteiger partial charge in [0.25, 0.3) is 0 Å².